The molecule has 18 heavy (non-hydrogen) atoms. The van der Waals surface area contributed by atoms with E-state index in [1.807, 2.05) is 0 Å². The Kier molecular flexibility index (Phi) is 7.82. The summed E-state index contributed by atoms with van der Waals surface area (Å²) in [4.78, 5) is 2.13. The molecule has 1 aliphatic rings. The van der Waals surface area contributed by atoms with Gasteiger partial charge >= 0.3 is 0 Å². The third-order valence-corrected chi connectivity index (χ3v) is 3.51. The van der Waals surface area contributed by atoms with Crippen LogP contribution < -0.4 is 5.32 Å². The predicted molar refractivity (Wildman–Crippen MR) is 74.7 cm³/mol. The Hall–Kier alpha value is -0.160. The first-order chi connectivity index (χ1) is 8.58. The fourth-order valence-electron chi connectivity index (χ4n) is 2.74. The quantitative estimate of drug-likeness (QED) is 0.607. The fourth-order valence-corrected chi connectivity index (χ4v) is 2.74. The molecule has 0 aromatic heterocycles. The Morgan fingerprint density at radius 3 is 2.11 bits per heavy atom. The van der Waals surface area contributed by atoms with E-state index in [2.05, 4.69) is 10.2 Å². The van der Waals surface area contributed by atoms with Crippen molar-refractivity contribution in [2.45, 2.75) is 64.2 Å². The Morgan fingerprint density at radius 2 is 1.61 bits per heavy atom. The molecule has 1 saturated carbocycles. The number of hydrogen-bond donors (Lipinski definition) is 3. The van der Waals surface area contributed by atoms with Crippen LogP contribution in [0.5, 0.6) is 0 Å². The Labute approximate surface area is 111 Å². The fraction of sp³-hybridized carbons (Fsp3) is 1.00. The molecule has 1 rings (SSSR count). The van der Waals surface area contributed by atoms with Crippen LogP contribution in [0.25, 0.3) is 0 Å². The molecule has 4 nitrogen and oxygen atoms in total. The van der Waals surface area contributed by atoms with Crippen molar-refractivity contribution in [2.75, 3.05) is 26.2 Å². The molecular formula is C14H30N2O2. The van der Waals surface area contributed by atoms with Crippen molar-refractivity contribution in [3.05, 3.63) is 0 Å². The molecule has 1 fully saturated rings. The number of aliphatic hydroxyl groups is 2. The summed E-state index contributed by atoms with van der Waals surface area (Å²) in [5, 5.41) is 22.5. The summed E-state index contributed by atoms with van der Waals surface area (Å²) in [6, 6.07) is 0.679. The van der Waals surface area contributed by atoms with Crippen LogP contribution in [0.1, 0.15) is 46.0 Å². The molecule has 4 heteroatoms. The van der Waals surface area contributed by atoms with E-state index in [4.69, 9.17) is 0 Å². The molecule has 0 radical (unpaired) electrons. The normalized spacial score (nSPS) is 21.2. The Bertz CT molecular complexity index is 194. The maximum atomic E-state index is 9.44. The van der Waals surface area contributed by atoms with Gasteiger partial charge in [-0.25, -0.2) is 0 Å². The molecule has 0 amide bonds. The first kappa shape index (κ1) is 15.9. The van der Waals surface area contributed by atoms with Gasteiger partial charge in [0.1, 0.15) is 0 Å². The van der Waals surface area contributed by atoms with E-state index in [0.717, 1.165) is 13.1 Å². The average Bonchev–Trinajstić information content (AvgIpc) is 2.28. The molecule has 0 bridgehead atoms. The van der Waals surface area contributed by atoms with E-state index in [-0.39, 0.29) is 12.2 Å². The highest BCUT2D eigenvalue weighted by Gasteiger charge is 2.14. The summed E-state index contributed by atoms with van der Waals surface area (Å²) in [5.41, 5.74) is 0. The molecule has 3 N–H and O–H groups in total. The van der Waals surface area contributed by atoms with Crippen LogP contribution in [0.3, 0.4) is 0 Å². The Morgan fingerprint density at radius 1 is 1.06 bits per heavy atom. The zero-order valence-corrected chi connectivity index (χ0v) is 11.9. The van der Waals surface area contributed by atoms with Gasteiger partial charge in [-0.15, -0.1) is 0 Å². The van der Waals surface area contributed by atoms with E-state index < -0.39 is 0 Å². The number of aliphatic hydroxyl groups excluding tert-OH is 2. The highest BCUT2D eigenvalue weighted by atomic mass is 16.3. The maximum absolute atomic E-state index is 9.44. The predicted octanol–water partition coefficient (Wildman–Crippen LogP) is 0.972. The van der Waals surface area contributed by atoms with Crippen LogP contribution in [0, 0.1) is 0 Å². The monoisotopic (exact) mass is 258 g/mol. The number of nitrogens with zero attached hydrogens (tertiary/aromatic N) is 1. The molecule has 2 atom stereocenters. The van der Waals surface area contributed by atoms with Gasteiger partial charge in [0.05, 0.1) is 12.2 Å². The molecule has 2 unspecified atom stereocenters. The van der Waals surface area contributed by atoms with E-state index in [1.165, 1.54) is 32.1 Å². The summed E-state index contributed by atoms with van der Waals surface area (Å²) in [5.74, 6) is 0. The van der Waals surface area contributed by atoms with Crippen LogP contribution in [0.4, 0.5) is 0 Å². The maximum Gasteiger partial charge on any atom is 0.0639 e. The van der Waals surface area contributed by atoms with E-state index in [0.29, 0.717) is 19.1 Å². The third kappa shape index (κ3) is 7.31. The standard InChI is InChI=1S/C14H30N2O2/c1-12(17)10-16(11-13(2)18)9-8-15-14-6-4-3-5-7-14/h12-15,17-18H,3-11H2,1-2H3. The van der Waals surface area contributed by atoms with Crippen molar-refractivity contribution in [3.63, 3.8) is 0 Å². The van der Waals surface area contributed by atoms with Crippen molar-refractivity contribution >= 4 is 0 Å². The van der Waals surface area contributed by atoms with Crippen LogP contribution in [0.2, 0.25) is 0 Å². The van der Waals surface area contributed by atoms with Crippen LogP contribution >= 0.6 is 0 Å². The SMILES string of the molecule is CC(O)CN(CCNC1CCCCC1)CC(C)O. The molecule has 0 spiro atoms. The number of nitrogens with one attached hydrogen (secondary N) is 1. The lowest BCUT2D eigenvalue weighted by atomic mass is 9.95. The van der Waals surface area contributed by atoms with Gasteiger partial charge in [0.2, 0.25) is 0 Å². The summed E-state index contributed by atoms with van der Waals surface area (Å²) in [7, 11) is 0. The van der Waals surface area contributed by atoms with Gasteiger partial charge in [0, 0.05) is 32.2 Å². The van der Waals surface area contributed by atoms with Gasteiger partial charge in [-0.1, -0.05) is 19.3 Å². The topological polar surface area (TPSA) is 55.7 Å². The highest BCUT2D eigenvalue weighted by Crippen LogP contribution is 2.17. The summed E-state index contributed by atoms with van der Waals surface area (Å²) >= 11 is 0. The number of hydrogen-bond acceptors (Lipinski definition) is 4. The average molecular weight is 258 g/mol. The van der Waals surface area contributed by atoms with Gasteiger partial charge in [0.15, 0.2) is 0 Å². The van der Waals surface area contributed by atoms with Gasteiger partial charge in [-0.3, -0.25) is 4.90 Å². The zero-order chi connectivity index (χ0) is 13.4. The molecule has 108 valence electrons. The van der Waals surface area contributed by atoms with Crippen molar-refractivity contribution in [1.29, 1.82) is 0 Å². The van der Waals surface area contributed by atoms with Crippen molar-refractivity contribution in [1.82, 2.24) is 10.2 Å². The second-order valence-corrected chi connectivity index (χ2v) is 5.75. The van der Waals surface area contributed by atoms with Gasteiger partial charge in [-0.05, 0) is 26.7 Å². The van der Waals surface area contributed by atoms with Crippen molar-refractivity contribution < 1.29 is 10.2 Å². The van der Waals surface area contributed by atoms with Crippen LogP contribution in [-0.4, -0.2) is 59.5 Å². The second kappa shape index (κ2) is 8.86. The molecule has 1 aliphatic carbocycles. The smallest absolute Gasteiger partial charge is 0.0639 e. The first-order valence-electron chi connectivity index (χ1n) is 7.40. The minimum absolute atomic E-state index is 0.335. The lowest BCUT2D eigenvalue weighted by Crippen LogP contribution is -2.42. The molecular weight excluding hydrogens is 228 g/mol. The summed E-state index contributed by atoms with van der Waals surface area (Å²) < 4.78 is 0. The van der Waals surface area contributed by atoms with Crippen molar-refractivity contribution in [2.24, 2.45) is 0 Å². The van der Waals surface area contributed by atoms with Gasteiger partial charge < -0.3 is 15.5 Å². The van der Waals surface area contributed by atoms with Crippen LogP contribution in [-0.2, 0) is 0 Å². The van der Waals surface area contributed by atoms with E-state index >= 15 is 0 Å². The first-order valence-corrected chi connectivity index (χ1v) is 7.40. The minimum Gasteiger partial charge on any atom is -0.392 e. The van der Waals surface area contributed by atoms with Crippen LogP contribution in [0.15, 0.2) is 0 Å². The van der Waals surface area contributed by atoms with E-state index in [1.54, 1.807) is 13.8 Å². The third-order valence-electron chi connectivity index (χ3n) is 3.51. The second-order valence-electron chi connectivity index (χ2n) is 5.75. The van der Waals surface area contributed by atoms with Crippen molar-refractivity contribution in [3.8, 4) is 0 Å². The molecule has 0 aliphatic heterocycles. The van der Waals surface area contributed by atoms with Gasteiger partial charge in [-0.2, -0.15) is 0 Å². The summed E-state index contributed by atoms with van der Waals surface area (Å²) in [6.45, 7) is 6.71. The summed E-state index contributed by atoms with van der Waals surface area (Å²) in [6.07, 6.45) is 6.01. The lowest BCUT2D eigenvalue weighted by Gasteiger charge is -2.27. The Balaban J connectivity index is 2.18. The molecule has 0 heterocycles. The minimum atomic E-state index is -0.335. The molecule has 0 aromatic carbocycles. The lowest BCUT2D eigenvalue weighted by molar-refractivity contribution is 0.0834. The zero-order valence-electron chi connectivity index (χ0n) is 11.9. The molecule has 0 aromatic rings. The highest BCUT2D eigenvalue weighted by molar-refractivity contribution is 4.73. The number of rotatable bonds is 8. The van der Waals surface area contributed by atoms with E-state index in [9.17, 15) is 10.2 Å². The molecule has 0 saturated heterocycles. The van der Waals surface area contributed by atoms with Gasteiger partial charge in [0.25, 0.3) is 0 Å². The largest absolute Gasteiger partial charge is 0.392 e.